The highest BCUT2D eigenvalue weighted by atomic mass is 16.2. The Bertz CT molecular complexity index is 1080. The molecule has 0 heterocycles. The van der Waals surface area contributed by atoms with E-state index in [-0.39, 0.29) is 24.3 Å². The van der Waals surface area contributed by atoms with E-state index >= 15 is 0 Å². The van der Waals surface area contributed by atoms with Crippen LogP contribution in [0.25, 0.3) is 0 Å². The molecule has 0 saturated carbocycles. The Labute approximate surface area is 193 Å². The fourth-order valence-corrected chi connectivity index (χ4v) is 3.07. The van der Waals surface area contributed by atoms with Crippen molar-refractivity contribution in [1.29, 1.82) is 0 Å². The lowest BCUT2D eigenvalue weighted by Gasteiger charge is -2.11. The van der Waals surface area contributed by atoms with Crippen molar-refractivity contribution in [2.75, 3.05) is 29.0 Å². The molecule has 170 valence electrons. The van der Waals surface area contributed by atoms with Crippen LogP contribution in [0.3, 0.4) is 0 Å². The standard InChI is InChI=1S/C26H28N4O3/c1-2-3-16-27-25(32)20-12-14-21(15-13-20)29-24(31)18-28-22-10-7-11-23(17-22)30-26(33)19-8-5-4-6-9-19/h4-15,17,28H,2-3,16,18H2,1H3,(H,27,32)(H,29,31)(H,30,33). The average molecular weight is 445 g/mol. The second-order valence-electron chi connectivity index (χ2n) is 7.49. The summed E-state index contributed by atoms with van der Waals surface area (Å²) in [4.78, 5) is 36.7. The maximum atomic E-state index is 12.3. The van der Waals surface area contributed by atoms with E-state index in [1.807, 2.05) is 12.1 Å². The average Bonchev–Trinajstić information content (AvgIpc) is 2.84. The van der Waals surface area contributed by atoms with Crippen molar-refractivity contribution in [1.82, 2.24) is 5.32 Å². The molecule has 0 saturated heterocycles. The van der Waals surface area contributed by atoms with Gasteiger partial charge >= 0.3 is 0 Å². The molecule has 4 N–H and O–H groups in total. The number of carbonyl (C=O) groups excluding carboxylic acids is 3. The van der Waals surface area contributed by atoms with Crippen molar-refractivity contribution in [3.05, 3.63) is 90.0 Å². The van der Waals surface area contributed by atoms with Crippen molar-refractivity contribution in [3.63, 3.8) is 0 Å². The van der Waals surface area contributed by atoms with Gasteiger partial charge < -0.3 is 21.3 Å². The zero-order valence-corrected chi connectivity index (χ0v) is 18.6. The summed E-state index contributed by atoms with van der Waals surface area (Å²) in [5.41, 5.74) is 3.06. The van der Waals surface area contributed by atoms with E-state index in [1.54, 1.807) is 66.7 Å². The van der Waals surface area contributed by atoms with Crippen LogP contribution in [0.15, 0.2) is 78.9 Å². The quantitative estimate of drug-likeness (QED) is 0.346. The van der Waals surface area contributed by atoms with Gasteiger partial charge in [-0.2, -0.15) is 0 Å². The third-order valence-electron chi connectivity index (χ3n) is 4.86. The molecule has 3 amide bonds. The molecule has 7 nitrogen and oxygen atoms in total. The van der Waals surface area contributed by atoms with Crippen LogP contribution in [0.4, 0.5) is 17.1 Å². The number of unbranched alkanes of at least 4 members (excludes halogenated alkanes) is 1. The smallest absolute Gasteiger partial charge is 0.255 e. The van der Waals surface area contributed by atoms with Crippen LogP contribution in [0.2, 0.25) is 0 Å². The predicted octanol–water partition coefficient (Wildman–Crippen LogP) is 4.52. The van der Waals surface area contributed by atoms with Gasteiger partial charge in [0, 0.05) is 34.7 Å². The van der Waals surface area contributed by atoms with Crippen LogP contribution in [-0.2, 0) is 4.79 Å². The molecule has 0 spiro atoms. The summed E-state index contributed by atoms with van der Waals surface area (Å²) in [6.45, 7) is 2.77. The summed E-state index contributed by atoms with van der Waals surface area (Å²) in [7, 11) is 0. The fraction of sp³-hybridized carbons (Fsp3) is 0.192. The first-order chi connectivity index (χ1) is 16.0. The van der Waals surface area contributed by atoms with Crippen LogP contribution >= 0.6 is 0 Å². The van der Waals surface area contributed by atoms with E-state index in [0.29, 0.717) is 34.7 Å². The van der Waals surface area contributed by atoms with Gasteiger partial charge in [0.1, 0.15) is 0 Å². The maximum absolute atomic E-state index is 12.3. The minimum atomic E-state index is -0.228. The largest absolute Gasteiger partial charge is 0.376 e. The van der Waals surface area contributed by atoms with Crippen molar-refractivity contribution in [2.24, 2.45) is 0 Å². The molecule has 0 unspecified atom stereocenters. The number of benzene rings is 3. The van der Waals surface area contributed by atoms with Crippen LogP contribution in [-0.4, -0.2) is 30.8 Å². The maximum Gasteiger partial charge on any atom is 0.255 e. The zero-order chi connectivity index (χ0) is 23.5. The lowest BCUT2D eigenvalue weighted by molar-refractivity contribution is -0.114. The van der Waals surface area contributed by atoms with Crippen molar-refractivity contribution >= 4 is 34.8 Å². The molecule has 0 radical (unpaired) electrons. The molecule has 3 aromatic carbocycles. The molecule has 0 aliphatic heterocycles. The predicted molar refractivity (Wildman–Crippen MR) is 132 cm³/mol. The van der Waals surface area contributed by atoms with Gasteiger partial charge in [0.2, 0.25) is 5.91 Å². The van der Waals surface area contributed by atoms with Crippen molar-refractivity contribution in [2.45, 2.75) is 19.8 Å². The molecule has 0 aliphatic carbocycles. The topological polar surface area (TPSA) is 99.3 Å². The van der Waals surface area contributed by atoms with Crippen molar-refractivity contribution in [3.8, 4) is 0 Å². The summed E-state index contributed by atoms with van der Waals surface area (Å²) in [5.74, 6) is -0.552. The Hall–Kier alpha value is -4.13. The highest BCUT2D eigenvalue weighted by Crippen LogP contribution is 2.16. The van der Waals surface area contributed by atoms with Gasteiger partial charge in [-0.3, -0.25) is 14.4 Å². The number of anilines is 3. The first kappa shape index (κ1) is 23.5. The minimum Gasteiger partial charge on any atom is -0.376 e. The van der Waals surface area contributed by atoms with Gasteiger partial charge in [-0.1, -0.05) is 37.6 Å². The zero-order valence-electron chi connectivity index (χ0n) is 18.6. The molecular formula is C26H28N4O3. The number of hydrogen-bond donors (Lipinski definition) is 4. The SMILES string of the molecule is CCCCNC(=O)c1ccc(NC(=O)CNc2cccc(NC(=O)c3ccccc3)c2)cc1. The van der Waals surface area contributed by atoms with Crippen LogP contribution in [0.5, 0.6) is 0 Å². The second-order valence-corrected chi connectivity index (χ2v) is 7.49. The van der Waals surface area contributed by atoms with Gasteiger partial charge in [-0.05, 0) is 61.0 Å². The lowest BCUT2D eigenvalue weighted by Crippen LogP contribution is -2.24. The highest BCUT2D eigenvalue weighted by molar-refractivity contribution is 6.04. The summed E-state index contributed by atoms with van der Waals surface area (Å²) in [5, 5.41) is 11.6. The molecule has 33 heavy (non-hydrogen) atoms. The van der Waals surface area contributed by atoms with Gasteiger partial charge in [-0.25, -0.2) is 0 Å². The molecule has 3 aromatic rings. The van der Waals surface area contributed by atoms with E-state index in [1.165, 1.54) is 0 Å². The minimum absolute atomic E-state index is 0.0509. The van der Waals surface area contributed by atoms with E-state index in [9.17, 15) is 14.4 Å². The monoisotopic (exact) mass is 444 g/mol. The summed E-state index contributed by atoms with van der Waals surface area (Å²) in [6.07, 6.45) is 1.96. The summed E-state index contributed by atoms with van der Waals surface area (Å²) < 4.78 is 0. The van der Waals surface area contributed by atoms with Crippen LogP contribution in [0, 0.1) is 0 Å². The highest BCUT2D eigenvalue weighted by Gasteiger charge is 2.08. The Morgan fingerprint density at radius 1 is 0.697 bits per heavy atom. The van der Waals surface area contributed by atoms with E-state index < -0.39 is 0 Å². The molecule has 0 aromatic heterocycles. The molecule has 7 heteroatoms. The Morgan fingerprint density at radius 2 is 1.39 bits per heavy atom. The van der Waals surface area contributed by atoms with Gasteiger partial charge in [0.25, 0.3) is 11.8 Å². The van der Waals surface area contributed by atoms with Gasteiger partial charge in [0.05, 0.1) is 6.54 Å². The van der Waals surface area contributed by atoms with E-state index in [4.69, 9.17) is 0 Å². The third kappa shape index (κ3) is 7.50. The Morgan fingerprint density at radius 3 is 2.12 bits per heavy atom. The van der Waals surface area contributed by atoms with Crippen LogP contribution < -0.4 is 21.3 Å². The lowest BCUT2D eigenvalue weighted by atomic mass is 10.2. The Balaban J connectivity index is 1.48. The van der Waals surface area contributed by atoms with E-state index in [2.05, 4.69) is 28.2 Å². The first-order valence-corrected chi connectivity index (χ1v) is 10.9. The molecule has 0 aliphatic rings. The molecule has 0 atom stereocenters. The van der Waals surface area contributed by atoms with E-state index in [0.717, 1.165) is 12.8 Å². The van der Waals surface area contributed by atoms with Gasteiger partial charge in [0.15, 0.2) is 0 Å². The Kier molecular flexibility index (Phi) is 8.59. The first-order valence-electron chi connectivity index (χ1n) is 10.9. The van der Waals surface area contributed by atoms with Crippen LogP contribution in [0.1, 0.15) is 40.5 Å². The summed E-state index contributed by atoms with van der Waals surface area (Å²) in [6, 6.07) is 22.9. The molecule has 0 bridgehead atoms. The summed E-state index contributed by atoms with van der Waals surface area (Å²) >= 11 is 0. The second kappa shape index (κ2) is 12.0. The van der Waals surface area contributed by atoms with Gasteiger partial charge in [-0.15, -0.1) is 0 Å². The number of amides is 3. The number of nitrogens with one attached hydrogen (secondary N) is 4. The number of carbonyl (C=O) groups is 3. The van der Waals surface area contributed by atoms with Crippen molar-refractivity contribution < 1.29 is 14.4 Å². The third-order valence-corrected chi connectivity index (χ3v) is 4.86. The normalized spacial score (nSPS) is 10.2. The number of hydrogen-bond acceptors (Lipinski definition) is 4. The molecule has 3 rings (SSSR count). The fourth-order valence-electron chi connectivity index (χ4n) is 3.07. The molecule has 0 fully saturated rings. The molecular weight excluding hydrogens is 416 g/mol. The number of rotatable bonds is 10.